The van der Waals surface area contributed by atoms with E-state index in [1.165, 1.54) is 4.90 Å². The van der Waals surface area contributed by atoms with Gasteiger partial charge >= 0.3 is 6.09 Å². The van der Waals surface area contributed by atoms with E-state index in [4.69, 9.17) is 16.1 Å². The summed E-state index contributed by atoms with van der Waals surface area (Å²) in [7, 11) is 0. The number of amides is 1. The summed E-state index contributed by atoms with van der Waals surface area (Å²) >= 11 is 0. The van der Waals surface area contributed by atoms with E-state index in [0.29, 0.717) is 36.4 Å². The molecule has 1 aliphatic rings. The molecule has 1 aromatic heterocycles. The Hall–Kier alpha value is -3.01. The highest BCUT2D eigenvalue weighted by Crippen LogP contribution is 2.30. The van der Waals surface area contributed by atoms with Crippen molar-refractivity contribution >= 4 is 28.4 Å². The number of anilines is 2. The van der Waals surface area contributed by atoms with Crippen molar-refractivity contribution in [3.8, 4) is 6.07 Å². The van der Waals surface area contributed by atoms with E-state index in [-0.39, 0.29) is 6.04 Å². The van der Waals surface area contributed by atoms with Crippen LogP contribution >= 0.6 is 0 Å². The largest absolute Gasteiger partial charge is 0.465 e. The molecule has 2 aromatic rings. The lowest BCUT2D eigenvalue weighted by molar-refractivity contribution is 0.155. The highest BCUT2D eigenvalue weighted by atomic mass is 16.4. The van der Waals surface area contributed by atoms with Crippen molar-refractivity contribution in [2.45, 2.75) is 12.5 Å². The molecule has 7 heteroatoms. The number of nitriles is 1. The van der Waals surface area contributed by atoms with Gasteiger partial charge in [0.05, 0.1) is 34.7 Å². The number of rotatable bonds is 2. The van der Waals surface area contributed by atoms with Crippen LogP contribution in [0.15, 0.2) is 24.4 Å². The first kappa shape index (κ1) is 13.9. The SMILES string of the molecule is N#Cc1ccc2ncc(N)c(N[C@@H]3CCN(C(=O)O)C3)c2c1. The molecule has 2 heterocycles. The molecule has 0 bridgehead atoms. The molecular formula is C15H15N5O2. The van der Waals surface area contributed by atoms with Crippen molar-refractivity contribution in [2.24, 2.45) is 0 Å². The molecule has 4 N–H and O–H groups in total. The van der Waals surface area contributed by atoms with Gasteiger partial charge in [0.1, 0.15) is 0 Å². The number of carboxylic acid groups (broad SMARTS) is 1. The molecule has 1 saturated heterocycles. The summed E-state index contributed by atoms with van der Waals surface area (Å²) in [4.78, 5) is 16.6. The maximum atomic E-state index is 11.0. The van der Waals surface area contributed by atoms with Gasteiger partial charge in [-0.25, -0.2) is 4.79 Å². The van der Waals surface area contributed by atoms with Crippen molar-refractivity contribution in [2.75, 3.05) is 24.1 Å². The Kier molecular flexibility index (Phi) is 3.43. The third-order valence-electron chi connectivity index (χ3n) is 3.83. The smallest absolute Gasteiger partial charge is 0.407 e. The minimum Gasteiger partial charge on any atom is -0.465 e. The summed E-state index contributed by atoms with van der Waals surface area (Å²) in [6.45, 7) is 0.913. The lowest BCUT2D eigenvalue weighted by Crippen LogP contribution is -2.30. The predicted octanol–water partition coefficient (Wildman–Crippen LogP) is 1.85. The van der Waals surface area contributed by atoms with Gasteiger partial charge in [0.2, 0.25) is 0 Å². The number of pyridine rings is 1. The molecule has 3 rings (SSSR count). The van der Waals surface area contributed by atoms with E-state index < -0.39 is 6.09 Å². The van der Waals surface area contributed by atoms with Crippen molar-refractivity contribution < 1.29 is 9.90 Å². The number of fused-ring (bicyclic) bond motifs is 1. The van der Waals surface area contributed by atoms with Crippen LogP contribution < -0.4 is 11.1 Å². The summed E-state index contributed by atoms with van der Waals surface area (Å²) < 4.78 is 0. The van der Waals surface area contributed by atoms with Crippen molar-refractivity contribution in [3.05, 3.63) is 30.0 Å². The molecule has 0 radical (unpaired) electrons. The van der Waals surface area contributed by atoms with Gasteiger partial charge in [0.25, 0.3) is 0 Å². The molecule has 22 heavy (non-hydrogen) atoms. The molecule has 0 saturated carbocycles. The van der Waals surface area contributed by atoms with Gasteiger partial charge < -0.3 is 21.1 Å². The summed E-state index contributed by atoms with van der Waals surface area (Å²) in [5.41, 5.74) is 8.47. The summed E-state index contributed by atoms with van der Waals surface area (Å²) in [6, 6.07) is 7.32. The van der Waals surface area contributed by atoms with E-state index in [9.17, 15) is 4.79 Å². The number of hydrogen-bond donors (Lipinski definition) is 3. The van der Waals surface area contributed by atoms with Crippen LogP contribution in [0.4, 0.5) is 16.2 Å². The molecule has 0 spiro atoms. The van der Waals surface area contributed by atoms with E-state index >= 15 is 0 Å². The van der Waals surface area contributed by atoms with Gasteiger partial charge in [-0.3, -0.25) is 4.98 Å². The van der Waals surface area contributed by atoms with Crippen molar-refractivity contribution in [1.29, 1.82) is 5.26 Å². The number of hydrogen-bond acceptors (Lipinski definition) is 5. The van der Waals surface area contributed by atoms with Gasteiger partial charge in [-0.05, 0) is 24.6 Å². The second-order valence-electron chi connectivity index (χ2n) is 5.29. The third-order valence-corrected chi connectivity index (χ3v) is 3.83. The van der Waals surface area contributed by atoms with Gasteiger partial charge in [0.15, 0.2) is 0 Å². The van der Waals surface area contributed by atoms with Crippen molar-refractivity contribution in [1.82, 2.24) is 9.88 Å². The minimum atomic E-state index is -0.913. The van der Waals surface area contributed by atoms with Crippen LogP contribution in [0.3, 0.4) is 0 Å². The van der Waals surface area contributed by atoms with Crippen LogP contribution in [0.5, 0.6) is 0 Å². The molecule has 0 unspecified atom stereocenters. The molecular weight excluding hydrogens is 282 g/mol. The number of benzene rings is 1. The number of aromatic nitrogens is 1. The van der Waals surface area contributed by atoms with E-state index in [1.54, 1.807) is 24.4 Å². The summed E-state index contributed by atoms with van der Waals surface area (Å²) in [6.07, 6.45) is 1.37. The Morgan fingerprint density at radius 2 is 2.36 bits per heavy atom. The second-order valence-corrected chi connectivity index (χ2v) is 5.29. The minimum absolute atomic E-state index is 0.00487. The first-order valence-corrected chi connectivity index (χ1v) is 6.91. The first-order chi connectivity index (χ1) is 10.6. The molecule has 1 aliphatic heterocycles. The Morgan fingerprint density at radius 3 is 3.05 bits per heavy atom. The zero-order chi connectivity index (χ0) is 15.7. The quantitative estimate of drug-likeness (QED) is 0.779. The van der Waals surface area contributed by atoms with Crippen molar-refractivity contribution in [3.63, 3.8) is 0 Å². The number of nitrogens with one attached hydrogen (secondary N) is 1. The zero-order valence-corrected chi connectivity index (χ0v) is 11.8. The van der Waals surface area contributed by atoms with Gasteiger partial charge in [-0.15, -0.1) is 0 Å². The average molecular weight is 297 g/mol. The zero-order valence-electron chi connectivity index (χ0n) is 11.8. The number of nitrogens with two attached hydrogens (primary N) is 1. The highest BCUT2D eigenvalue weighted by Gasteiger charge is 2.26. The van der Waals surface area contributed by atoms with E-state index in [2.05, 4.69) is 16.4 Å². The van der Waals surface area contributed by atoms with Crippen LogP contribution in [0.1, 0.15) is 12.0 Å². The molecule has 1 aromatic carbocycles. The number of nitrogen functional groups attached to an aromatic ring is 1. The van der Waals surface area contributed by atoms with E-state index in [0.717, 1.165) is 10.9 Å². The monoisotopic (exact) mass is 297 g/mol. The Morgan fingerprint density at radius 1 is 1.55 bits per heavy atom. The summed E-state index contributed by atoms with van der Waals surface area (Å²) in [5, 5.41) is 22.1. The lowest BCUT2D eigenvalue weighted by atomic mass is 10.1. The number of likely N-dealkylation sites (tertiary alicyclic amines) is 1. The lowest BCUT2D eigenvalue weighted by Gasteiger charge is -2.18. The molecule has 1 fully saturated rings. The fourth-order valence-corrected chi connectivity index (χ4v) is 2.69. The molecule has 112 valence electrons. The Balaban J connectivity index is 1.94. The van der Waals surface area contributed by atoms with Crippen LogP contribution in [-0.4, -0.2) is 40.2 Å². The Labute approximate surface area is 127 Å². The van der Waals surface area contributed by atoms with Gasteiger partial charge in [-0.2, -0.15) is 5.26 Å². The number of carbonyl (C=O) groups is 1. The first-order valence-electron chi connectivity index (χ1n) is 6.91. The molecule has 7 nitrogen and oxygen atoms in total. The second kappa shape index (κ2) is 5.41. The molecule has 1 atom stereocenters. The van der Waals surface area contributed by atoms with Crippen LogP contribution in [0, 0.1) is 11.3 Å². The highest BCUT2D eigenvalue weighted by molar-refractivity contribution is 5.97. The standard InChI is InChI=1S/C15H15N5O2/c16-6-9-1-2-13-11(5-9)14(12(17)7-18-13)19-10-3-4-20(8-10)15(21)22/h1-2,5,7,10H,3-4,8,17H2,(H,18,19)(H,21,22)/t10-/m1/s1. The molecule has 1 amide bonds. The third kappa shape index (κ3) is 2.46. The average Bonchev–Trinajstić information content (AvgIpc) is 2.98. The maximum absolute atomic E-state index is 11.0. The van der Waals surface area contributed by atoms with Gasteiger partial charge in [0, 0.05) is 24.5 Å². The van der Waals surface area contributed by atoms with Crippen LogP contribution in [0.2, 0.25) is 0 Å². The molecule has 0 aliphatic carbocycles. The van der Waals surface area contributed by atoms with Gasteiger partial charge in [-0.1, -0.05) is 0 Å². The fraction of sp³-hybridized carbons (Fsp3) is 0.267. The van der Waals surface area contributed by atoms with E-state index in [1.807, 2.05) is 0 Å². The van der Waals surface area contributed by atoms with Crippen LogP contribution in [-0.2, 0) is 0 Å². The maximum Gasteiger partial charge on any atom is 0.407 e. The summed E-state index contributed by atoms with van der Waals surface area (Å²) in [5.74, 6) is 0. The normalized spacial score (nSPS) is 17.4. The predicted molar refractivity (Wildman–Crippen MR) is 82.5 cm³/mol. The topological polar surface area (TPSA) is 115 Å². The fourth-order valence-electron chi connectivity index (χ4n) is 2.69. The number of nitrogens with zero attached hydrogens (tertiary/aromatic N) is 3. The Bertz CT molecular complexity index is 783. The van der Waals surface area contributed by atoms with Crippen LogP contribution in [0.25, 0.3) is 10.9 Å².